The van der Waals surface area contributed by atoms with E-state index in [0.717, 1.165) is 32.8 Å². The molecule has 0 amide bonds. The molecule has 1 saturated heterocycles. The molecule has 7 heteroatoms. The molecule has 4 rings (SSSR count). The van der Waals surface area contributed by atoms with E-state index in [1.165, 1.54) is 29.3 Å². The molecule has 2 aromatic rings. The Morgan fingerprint density at radius 3 is 2.48 bits per heavy atom. The Kier molecular flexibility index (Phi) is 7.14. The first-order valence-corrected chi connectivity index (χ1v) is 11.0. The predicted octanol–water partition coefficient (Wildman–Crippen LogP) is 3.41. The summed E-state index contributed by atoms with van der Waals surface area (Å²) in [5, 5.41) is 6.60. The molecule has 2 aliphatic rings. The molecule has 166 valence electrons. The fourth-order valence-corrected chi connectivity index (χ4v) is 4.06. The predicted molar refractivity (Wildman–Crippen MR) is 118 cm³/mol. The average Bonchev–Trinajstić information content (AvgIpc) is 3.52. The quantitative estimate of drug-likeness (QED) is 0.524. The molecular formula is C24H30F2N4O. The number of ether oxygens (including phenoxy) is 1. The van der Waals surface area contributed by atoms with Gasteiger partial charge in [-0.05, 0) is 36.6 Å². The van der Waals surface area contributed by atoms with Crippen molar-refractivity contribution in [3.63, 3.8) is 0 Å². The fourth-order valence-electron chi connectivity index (χ4n) is 4.06. The summed E-state index contributed by atoms with van der Waals surface area (Å²) in [6.45, 7) is 7.59. The highest BCUT2D eigenvalue weighted by Gasteiger charge is 2.42. The number of guanidine groups is 1. The maximum absolute atomic E-state index is 14.1. The Hall–Kier alpha value is -2.51. The van der Waals surface area contributed by atoms with Crippen LogP contribution in [0, 0.1) is 11.6 Å². The molecule has 2 unspecified atom stereocenters. The lowest BCUT2D eigenvalue weighted by atomic mass is 10.1. The maximum atomic E-state index is 14.1. The van der Waals surface area contributed by atoms with E-state index >= 15 is 0 Å². The van der Waals surface area contributed by atoms with Crippen molar-refractivity contribution in [2.45, 2.75) is 38.4 Å². The Balaban J connectivity index is 1.41. The lowest BCUT2D eigenvalue weighted by Gasteiger charge is -2.27. The van der Waals surface area contributed by atoms with Crippen LogP contribution in [-0.4, -0.2) is 49.7 Å². The summed E-state index contributed by atoms with van der Waals surface area (Å²) >= 11 is 0. The Labute approximate surface area is 182 Å². The zero-order chi connectivity index (χ0) is 21.6. The summed E-state index contributed by atoms with van der Waals surface area (Å²) in [7, 11) is 0. The number of aliphatic imine (C=N–C) groups is 1. The van der Waals surface area contributed by atoms with E-state index in [2.05, 4.69) is 33.7 Å². The standard InChI is InChI=1S/C24H30F2N4O/c1-2-27-24(29-22-14-19(22)23-20(25)8-5-9-21(23)26)28-15-17-6-3-4-7-18(17)16-30-10-12-31-13-11-30/h3-9,19,22H,2,10-16H2,1H3,(H2,27,28,29). The van der Waals surface area contributed by atoms with E-state index in [0.29, 0.717) is 25.5 Å². The second kappa shape index (κ2) is 10.2. The summed E-state index contributed by atoms with van der Waals surface area (Å²) in [6, 6.07) is 12.4. The minimum absolute atomic E-state index is 0.0206. The summed E-state index contributed by atoms with van der Waals surface area (Å²) in [6.07, 6.45) is 0.690. The number of morpholine rings is 1. The van der Waals surface area contributed by atoms with Gasteiger partial charge in [-0.25, -0.2) is 13.8 Å². The highest BCUT2D eigenvalue weighted by Crippen LogP contribution is 2.43. The number of halogens is 2. The maximum Gasteiger partial charge on any atom is 0.191 e. The molecule has 2 N–H and O–H groups in total. The van der Waals surface area contributed by atoms with Gasteiger partial charge in [0.05, 0.1) is 19.8 Å². The summed E-state index contributed by atoms with van der Waals surface area (Å²) < 4.78 is 33.6. The summed E-state index contributed by atoms with van der Waals surface area (Å²) in [4.78, 5) is 7.15. The molecule has 1 aliphatic carbocycles. The van der Waals surface area contributed by atoms with Gasteiger partial charge in [0, 0.05) is 43.7 Å². The largest absolute Gasteiger partial charge is 0.379 e. The molecule has 0 bridgehead atoms. The third kappa shape index (κ3) is 5.60. The smallest absolute Gasteiger partial charge is 0.191 e. The number of nitrogens with zero attached hydrogens (tertiary/aromatic N) is 2. The molecule has 5 nitrogen and oxygen atoms in total. The normalized spacial score (nSPS) is 21.7. The number of hydrogen-bond acceptors (Lipinski definition) is 3. The van der Waals surface area contributed by atoms with Crippen molar-refractivity contribution in [2.75, 3.05) is 32.8 Å². The Morgan fingerprint density at radius 2 is 1.77 bits per heavy atom. The third-order valence-corrected chi connectivity index (χ3v) is 5.85. The van der Waals surface area contributed by atoms with Crippen molar-refractivity contribution >= 4 is 5.96 Å². The van der Waals surface area contributed by atoms with Crippen molar-refractivity contribution in [1.29, 1.82) is 0 Å². The van der Waals surface area contributed by atoms with Crippen molar-refractivity contribution in [2.24, 2.45) is 4.99 Å². The van der Waals surface area contributed by atoms with Crippen LogP contribution in [0.5, 0.6) is 0 Å². The number of nitrogens with one attached hydrogen (secondary N) is 2. The molecule has 2 aromatic carbocycles. The van der Waals surface area contributed by atoms with Crippen LogP contribution in [0.25, 0.3) is 0 Å². The molecule has 31 heavy (non-hydrogen) atoms. The second-order valence-electron chi connectivity index (χ2n) is 8.08. The van der Waals surface area contributed by atoms with Crippen LogP contribution in [0.4, 0.5) is 8.78 Å². The Morgan fingerprint density at radius 1 is 1.06 bits per heavy atom. The molecule has 1 saturated carbocycles. The first kappa shape index (κ1) is 21.7. The topological polar surface area (TPSA) is 48.9 Å². The molecule has 1 heterocycles. The molecule has 2 atom stereocenters. The number of benzene rings is 2. The van der Waals surface area contributed by atoms with Crippen LogP contribution in [0.1, 0.15) is 36.0 Å². The zero-order valence-corrected chi connectivity index (χ0v) is 17.9. The lowest BCUT2D eigenvalue weighted by Crippen LogP contribution is -2.39. The minimum Gasteiger partial charge on any atom is -0.379 e. The van der Waals surface area contributed by atoms with Crippen LogP contribution < -0.4 is 10.6 Å². The van der Waals surface area contributed by atoms with Gasteiger partial charge in [-0.2, -0.15) is 0 Å². The minimum atomic E-state index is -0.478. The van der Waals surface area contributed by atoms with Gasteiger partial charge in [-0.15, -0.1) is 0 Å². The SMILES string of the molecule is CCNC(=NCc1ccccc1CN1CCOCC1)NC1CC1c1c(F)cccc1F. The van der Waals surface area contributed by atoms with Crippen molar-refractivity contribution in [3.8, 4) is 0 Å². The van der Waals surface area contributed by atoms with Gasteiger partial charge in [0.1, 0.15) is 11.6 Å². The van der Waals surface area contributed by atoms with Crippen molar-refractivity contribution < 1.29 is 13.5 Å². The van der Waals surface area contributed by atoms with Gasteiger partial charge in [0.25, 0.3) is 0 Å². The second-order valence-corrected chi connectivity index (χ2v) is 8.08. The van der Waals surface area contributed by atoms with Crippen LogP contribution in [0.15, 0.2) is 47.5 Å². The first-order chi connectivity index (χ1) is 15.2. The van der Waals surface area contributed by atoms with Crippen LogP contribution >= 0.6 is 0 Å². The lowest BCUT2D eigenvalue weighted by molar-refractivity contribution is 0.0341. The average molecular weight is 429 g/mol. The van der Waals surface area contributed by atoms with E-state index < -0.39 is 11.6 Å². The van der Waals surface area contributed by atoms with Gasteiger partial charge in [-0.3, -0.25) is 4.90 Å². The van der Waals surface area contributed by atoms with Gasteiger partial charge >= 0.3 is 0 Å². The van der Waals surface area contributed by atoms with Gasteiger partial charge < -0.3 is 15.4 Å². The first-order valence-electron chi connectivity index (χ1n) is 11.0. The Bertz CT molecular complexity index is 894. The van der Waals surface area contributed by atoms with Crippen molar-refractivity contribution in [1.82, 2.24) is 15.5 Å². The monoisotopic (exact) mass is 428 g/mol. The van der Waals surface area contributed by atoms with Gasteiger partial charge in [-0.1, -0.05) is 30.3 Å². The fraction of sp³-hybridized carbons (Fsp3) is 0.458. The van der Waals surface area contributed by atoms with E-state index in [1.807, 2.05) is 13.0 Å². The molecule has 0 aromatic heterocycles. The summed E-state index contributed by atoms with van der Waals surface area (Å²) in [5.74, 6) is -0.451. The zero-order valence-electron chi connectivity index (χ0n) is 17.9. The van der Waals surface area contributed by atoms with E-state index in [1.54, 1.807) is 0 Å². The molecule has 0 radical (unpaired) electrons. The van der Waals surface area contributed by atoms with Crippen LogP contribution in [-0.2, 0) is 17.8 Å². The molecule has 1 aliphatic heterocycles. The highest BCUT2D eigenvalue weighted by atomic mass is 19.1. The van der Waals surface area contributed by atoms with Crippen molar-refractivity contribution in [3.05, 3.63) is 70.8 Å². The molecule has 0 spiro atoms. The van der Waals surface area contributed by atoms with Crippen LogP contribution in [0.2, 0.25) is 0 Å². The highest BCUT2D eigenvalue weighted by molar-refractivity contribution is 5.80. The van der Waals surface area contributed by atoms with Gasteiger partial charge in [0.2, 0.25) is 0 Å². The van der Waals surface area contributed by atoms with Crippen LogP contribution in [0.3, 0.4) is 0 Å². The van der Waals surface area contributed by atoms with E-state index in [4.69, 9.17) is 9.73 Å². The van der Waals surface area contributed by atoms with E-state index in [9.17, 15) is 8.78 Å². The summed E-state index contributed by atoms with van der Waals surface area (Å²) in [5.41, 5.74) is 2.62. The number of rotatable bonds is 7. The number of hydrogen-bond donors (Lipinski definition) is 2. The van der Waals surface area contributed by atoms with Gasteiger partial charge in [0.15, 0.2) is 5.96 Å². The van der Waals surface area contributed by atoms with E-state index in [-0.39, 0.29) is 17.5 Å². The molecular weight excluding hydrogens is 398 g/mol. The molecule has 2 fully saturated rings. The third-order valence-electron chi connectivity index (χ3n) is 5.85.